The summed E-state index contributed by atoms with van der Waals surface area (Å²) in [5.74, 6) is 0. The van der Waals surface area contributed by atoms with E-state index in [2.05, 4.69) is 214 Å². The topological polar surface area (TPSA) is 57.4 Å². The molecular weight excluding hydrogens is 789 g/mol. The summed E-state index contributed by atoms with van der Waals surface area (Å²) in [6.07, 6.45) is 0. The van der Waals surface area contributed by atoms with Crippen LogP contribution in [0.5, 0.6) is 0 Å². The van der Waals surface area contributed by atoms with Crippen LogP contribution in [0.4, 0.5) is 0 Å². The maximum absolute atomic E-state index is 10.6. The third kappa shape index (κ3) is 6.67. The Hall–Kier alpha value is -8.44. The number of rotatable bonds is 6. The monoisotopic (exact) mass is 832 g/mol. The Labute approximate surface area is 379 Å². The van der Waals surface area contributed by atoms with Gasteiger partial charge in [-0.3, -0.25) is 0 Å². The lowest BCUT2D eigenvalue weighted by Crippen LogP contribution is -2.02. The molecule has 0 fully saturated rings. The third-order valence-electron chi connectivity index (χ3n) is 13.0. The highest BCUT2D eigenvalue weighted by Crippen LogP contribution is 2.44. The molecule has 2 aromatic heterocycles. The van der Waals surface area contributed by atoms with Gasteiger partial charge in [0.1, 0.15) is 0 Å². The number of aromatic nitrogens is 2. The molecule has 2 heterocycles. The van der Waals surface area contributed by atoms with Gasteiger partial charge < -0.3 is 9.13 Å². The third-order valence-corrected chi connectivity index (χ3v) is 13.0. The summed E-state index contributed by atoms with van der Waals surface area (Å²) in [5, 5.41) is 25.0. The van der Waals surface area contributed by atoms with E-state index in [9.17, 15) is 10.5 Å². The molecule has 0 spiro atoms. The van der Waals surface area contributed by atoms with Crippen molar-refractivity contribution in [2.24, 2.45) is 0 Å². The molecule has 65 heavy (non-hydrogen) atoms. The molecule has 0 amide bonds. The zero-order valence-electron chi connectivity index (χ0n) is 37.0. The fourth-order valence-electron chi connectivity index (χ4n) is 10.3. The Kier molecular flexibility index (Phi) is 9.35. The second-order valence-corrected chi connectivity index (χ2v) is 17.6. The first-order valence-electron chi connectivity index (χ1n) is 22.1. The predicted molar refractivity (Wildman–Crippen MR) is 270 cm³/mol. The van der Waals surface area contributed by atoms with Gasteiger partial charge in [-0.15, -0.1) is 0 Å². The number of hydrogen-bond acceptors (Lipinski definition) is 2. The van der Waals surface area contributed by atoms with E-state index in [0.717, 1.165) is 72.0 Å². The van der Waals surface area contributed by atoms with Gasteiger partial charge in [0.2, 0.25) is 0 Å². The van der Waals surface area contributed by atoms with Gasteiger partial charge in [-0.2, -0.15) is 10.5 Å². The number of hydrogen-bond donors (Lipinski definition) is 0. The van der Waals surface area contributed by atoms with Crippen molar-refractivity contribution in [3.05, 3.63) is 215 Å². The molecule has 0 N–H and O–H groups in total. The molecule has 308 valence electrons. The van der Waals surface area contributed by atoms with Crippen LogP contribution in [-0.2, 0) is 0 Å². The predicted octanol–water partition coefficient (Wildman–Crippen LogP) is 15.8. The van der Waals surface area contributed by atoms with Gasteiger partial charge in [-0.1, -0.05) is 119 Å². The maximum Gasteiger partial charge on any atom is 0.0991 e. The highest BCUT2D eigenvalue weighted by atomic mass is 15.0. The van der Waals surface area contributed by atoms with Crippen LogP contribution in [0.15, 0.2) is 176 Å². The zero-order valence-corrected chi connectivity index (χ0v) is 37.0. The summed E-state index contributed by atoms with van der Waals surface area (Å²) in [6.45, 7) is 10.7. The number of para-hydroxylation sites is 2. The van der Waals surface area contributed by atoms with E-state index in [-0.39, 0.29) is 0 Å². The van der Waals surface area contributed by atoms with Gasteiger partial charge in [0.05, 0.1) is 56.7 Å². The second-order valence-electron chi connectivity index (χ2n) is 17.6. The molecule has 0 aliphatic carbocycles. The minimum Gasteiger partial charge on any atom is -0.309 e. The van der Waals surface area contributed by atoms with Gasteiger partial charge in [0, 0.05) is 32.7 Å². The average molecular weight is 833 g/mol. The number of nitrogens with zero attached hydrogens (tertiary/aromatic N) is 4. The molecule has 0 saturated carbocycles. The van der Waals surface area contributed by atoms with E-state index in [4.69, 9.17) is 0 Å². The molecule has 11 aromatic rings. The summed E-state index contributed by atoms with van der Waals surface area (Å²) in [5.41, 5.74) is 22.3. The highest BCUT2D eigenvalue weighted by Gasteiger charge is 2.23. The highest BCUT2D eigenvalue weighted by molar-refractivity contribution is 6.13. The number of aryl methyl sites for hydroxylation is 5. The molecule has 0 aliphatic rings. The Bertz CT molecular complexity index is 3820. The molecule has 9 aromatic carbocycles. The summed E-state index contributed by atoms with van der Waals surface area (Å²) in [6, 6.07) is 67.9. The quantitative estimate of drug-likeness (QED) is 0.168. The van der Waals surface area contributed by atoms with Crippen LogP contribution in [0.2, 0.25) is 0 Å². The lowest BCUT2D eigenvalue weighted by atomic mass is 9.92. The lowest BCUT2D eigenvalue weighted by Gasteiger charge is -2.20. The van der Waals surface area contributed by atoms with Gasteiger partial charge in [0.15, 0.2) is 0 Å². The first-order valence-corrected chi connectivity index (χ1v) is 22.1. The van der Waals surface area contributed by atoms with Gasteiger partial charge in [-0.05, 0) is 152 Å². The van der Waals surface area contributed by atoms with Crippen LogP contribution in [0.25, 0.3) is 99.5 Å². The molecular formula is C61H44N4. The summed E-state index contributed by atoms with van der Waals surface area (Å²) >= 11 is 0. The minimum atomic E-state index is 0.577. The Morgan fingerprint density at radius 3 is 1.26 bits per heavy atom. The van der Waals surface area contributed by atoms with Crippen LogP contribution < -0.4 is 0 Å². The number of nitriles is 2. The average Bonchev–Trinajstić information content (AvgIpc) is 3.82. The van der Waals surface area contributed by atoms with Crippen molar-refractivity contribution in [1.29, 1.82) is 10.5 Å². The fourth-order valence-corrected chi connectivity index (χ4v) is 10.3. The molecule has 0 radical (unpaired) electrons. The van der Waals surface area contributed by atoms with Crippen molar-refractivity contribution in [3.8, 4) is 68.0 Å². The molecule has 0 aliphatic heterocycles. The smallest absolute Gasteiger partial charge is 0.0991 e. The van der Waals surface area contributed by atoms with Crippen LogP contribution in [0.1, 0.15) is 38.9 Å². The minimum absolute atomic E-state index is 0.577. The molecule has 0 atom stereocenters. The van der Waals surface area contributed by atoms with E-state index in [1.807, 2.05) is 18.2 Å². The molecule has 0 bridgehead atoms. The van der Waals surface area contributed by atoms with Crippen molar-refractivity contribution < 1.29 is 0 Å². The number of benzene rings is 9. The molecule has 4 heteroatoms. The van der Waals surface area contributed by atoms with E-state index in [1.165, 1.54) is 55.3 Å². The number of fused-ring (bicyclic) bond motifs is 6. The molecule has 4 nitrogen and oxygen atoms in total. The molecule has 11 rings (SSSR count). The Balaban J connectivity index is 1.21. The summed E-state index contributed by atoms with van der Waals surface area (Å²) in [4.78, 5) is 0. The normalized spacial score (nSPS) is 11.4. The maximum atomic E-state index is 10.6. The van der Waals surface area contributed by atoms with Gasteiger partial charge in [0.25, 0.3) is 0 Å². The van der Waals surface area contributed by atoms with Crippen molar-refractivity contribution in [3.63, 3.8) is 0 Å². The van der Waals surface area contributed by atoms with Gasteiger partial charge >= 0.3 is 0 Å². The summed E-state index contributed by atoms with van der Waals surface area (Å²) < 4.78 is 4.77. The van der Waals surface area contributed by atoms with E-state index in [1.54, 1.807) is 0 Å². The van der Waals surface area contributed by atoms with Crippen LogP contribution in [0, 0.1) is 57.3 Å². The van der Waals surface area contributed by atoms with Crippen LogP contribution >= 0.6 is 0 Å². The summed E-state index contributed by atoms with van der Waals surface area (Å²) in [7, 11) is 0. The molecule has 0 saturated heterocycles. The van der Waals surface area contributed by atoms with Crippen LogP contribution in [-0.4, -0.2) is 9.13 Å². The first kappa shape index (κ1) is 39.4. The van der Waals surface area contributed by atoms with Crippen LogP contribution in [0.3, 0.4) is 0 Å². The largest absolute Gasteiger partial charge is 0.309 e. The Morgan fingerprint density at radius 1 is 0.323 bits per heavy atom. The van der Waals surface area contributed by atoms with Gasteiger partial charge in [-0.25, -0.2) is 0 Å². The second kappa shape index (κ2) is 15.4. The standard InChI is InChI=1S/C61H44N4/c1-37-24-38(2)27-47(26-37)44-16-21-59-53(32-44)50-10-6-8-12-56(50)64(59)58-20-15-43(36-63)31-52(58)55-34-46(49-19-14-42(35-62)30-41(49)5)18-23-61(55)65-57-13-9-7-11-51(57)54-33-45(17-22-60(54)65)48-28-39(3)25-40(4)29-48/h6-34H,1-5H3. The molecule has 0 unspecified atom stereocenters. The fraction of sp³-hybridized carbons (Fsp3) is 0.0820. The first-order chi connectivity index (χ1) is 31.6. The van der Waals surface area contributed by atoms with Crippen molar-refractivity contribution in [1.82, 2.24) is 9.13 Å². The van der Waals surface area contributed by atoms with Crippen molar-refractivity contribution in [2.45, 2.75) is 34.6 Å². The van der Waals surface area contributed by atoms with E-state index >= 15 is 0 Å². The SMILES string of the molecule is Cc1cc(C)cc(-c2ccc3c(c2)c2ccccc2n3-c2ccc(C#N)cc2-c2cc(-c3ccc(C#N)cc3C)ccc2-n2c3ccccc3c3cc(-c4cc(C)cc(C)c4)ccc32)c1. The van der Waals surface area contributed by atoms with Crippen molar-refractivity contribution in [2.75, 3.05) is 0 Å². The van der Waals surface area contributed by atoms with E-state index in [0.29, 0.717) is 11.1 Å². The Morgan fingerprint density at radius 2 is 0.754 bits per heavy atom. The van der Waals surface area contributed by atoms with Crippen molar-refractivity contribution >= 4 is 43.6 Å². The zero-order chi connectivity index (χ0) is 44.5. The van der Waals surface area contributed by atoms with E-state index < -0.39 is 0 Å². The lowest BCUT2D eigenvalue weighted by molar-refractivity contribution is 1.16.